The van der Waals surface area contributed by atoms with Gasteiger partial charge >= 0.3 is 0 Å². The SMILES string of the molecule is CC(C)(C)c1[nH]ncc1CC(N)CO. The summed E-state index contributed by atoms with van der Waals surface area (Å²) >= 11 is 0. The molecule has 1 rings (SSSR count). The van der Waals surface area contributed by atoms with E-state index in [1.165, 1.54) is 0 Å². The predicted molar refractivity (Wildman–Crippen MR) is 56.1 cm³/mol. The molecule has 14 heavy (non-hydrogen) atoms. The lowest BCUT2D eigenvalue weighted by Gasteiger charge is -2.19. The normalized spacial score (nSPS) is 14.4. The van der Waals surface area contributed by atoms with Gasteiger partial charge in [0.2, 0.25) is 0 Å². The fraction of sp³-hybridized carbons (Fsp3) is 0.700. The maximum atomic E-state index is 8.87. The van der Waals surface area contributed by atoms with Crippen LogP contribution in [0.15, 0.2) is 6.20 Å². The highest BCUT2D eigenvalue weighted by molar-refractivity contribution is 5.24. The van der Waals surface area contributed by atoms with Crippen molar-refractivity contribution < 1.29 is 5.11 Å². The van der Waals surface area contributed by atoms with Crippen LogP contribution in [0.1, 0.15) is 32.0 Å². The Morgan fingerprint density at radius 1 is 1.57 bits per heavy atom. The number of nitrogens with one attached hydrogen (secondary N) is 1. The van der Waals surface area contributed by atoms with Crippen molar-refractivity contribution >= 4 is 0 Å². The second-order valence-electron chi connectivity index (χ2n) is 4.67. The van der Waals surface area contributed by atoms with Crippen LogP contribution in [0.5, 0.6) is 0 Å². The van der Waals surface area contributed by atoms with Gasteiger partial charge in [-0.05, 0) is 12.0 Å². The third-order valence-corrected chi connectivity index (χ3v) is 2.18. The molecule has 1 heterocycles. The minimum Gasteiger partial charge on any atom is -0.395 e. The Kier molecular flexibility index (Phi) is 3.29. The molecule has 1 unspecified atom stereocenters. The van der Waals surface area contributed by atoms with Crippen LogP contribution in [0, 0.1) is 0 Å². The Balaban J connectivity index is 2.83. The van der Waals surface area contributed by atoms with Gasteiger partial charge in [-0.2, -0.15) is 5.10 Å². The zero-order chi connectivity index (χ0) is 10.8. The summed E-state index contributed by atoms with van der Waals surface area (Å²) < 4.78 is 0. The van der Waals surface area contributed by atoms with Crippen LogP contribution in [0.3, 0.4) is 0 Å². The zero-order valence-corrected chi connectivity index (χ0v) is 9.04. The average molecular weight is 197 g/mol. The Morgan fingerprint density at radius 3 is 2.71 bits per heavy atom. The molecule has 0 amide bonds. The van der Waals surface area contributed by atoms with Crippen molar-refractivity contribution in [2.45, 2.75) is 38.6 Å². The highest BCUT2D eigenvalue weighted by Gasteiger charge is 2.20. The molecule has 0 saturated heterocycles. The summed E-state index contributed by atoms with van der Waals surface area (Å²) in [5.74, 6) is 0. The molecule has 0 aliphatic carbocycles. The first-order valence-corrected chi connectivity index (χ1v) is 4.84. The third kappa shape index (κ3) is 2.56. The molecule has 0 aliphatic heterocycles. The molecule has 1 aromatic rings. The maximum Gasteiger partial charge on any atom is 0.0585 e. The topological polar surface area (TPSA) is 74.9 Å². The first kappa shape index (κ1) is 11.2. The molecule has 0 aromatic carbocycles. The standard InChI is InChI=1S/C10H19N3O/c1-10(2,3)9-7(5-12-13-9)4-8(11)6-14/h5,8,14H,4,6,11H2,1-3H3,(H,12,13). The number of aliphatic hydroxyl groups is 1. The fourth-order valence-electron chi connectivity index (χ4n) is 1.46. The number of nitrogens with zero attached hydrogens (tertiary/aromatic N) is 1. The van der Waals surface area contributed by atoms with Gasteiger partial charge in [0.25, 0.3) is 0 Å². The number of aromatic amines is 1. The third-order valence-electron chi connectivity index (χ3n) is 2.18. The number of aliphatic hydroxyl groups excluding tert-OH is 1. The molecule has 0 bridgehead atoms. The van der Waals surface area contributed by atoms with Gasteiger partial charge in [-0.1, -0.05) is 20.8 Å². The van der Waals surface area contributed by atoms with Gasteiger partial charge < -0.3 is 10.8 Å². The van der Waals surface area contributed by atoms with Gasteiger partial charge in [-0.3, -0.25) is 5.10 Å². The Morgan fingerprint density at radius 2 is 2.21 bits per heavy atom. The second-order valence-corrected chi connectivity index (χ2v) is 4.67. The Labute approximate surface area is 84.5 Å². The van der Waals surface area contributed by atoms with Gasteiger partial charge in [-0.15, -0.1) is 0 Å². The van der Waals surface area contributed by atoms with Gasteiger partial charge in [0.1, 0.15) is 0 Å². The number of nitrogens with two attached hydrogens (primary N) is 1. The highest BCUT2D eigenvalue weighted by atomic mass is 16.3. The van der Waals surface area contributed by atoms with Crippen molar-refractivity contribution in [2.75, 3.05) is 6.61 Å². The van der Waals surface area contributed by atoms with Crippen molar-refractivity contribution in [2.24, 2.45) is 5.73 Å². The van der Waals surface area contributed by atoms with Crippen LogP contribution in [-0.2, 0) is 11.8 Å². The van der Waals surface area contributed by atoms with Gasteiger partial charge in [0.15, 0.2) is 0 Å². The molecule has 4 nitrogen and oxygen atoms in total. The van der Waals surface area contributed by atoms with Gasteiger partial charge in [0.05, 0.1) is 12.8 Å². The van der Waals surface area contributed by atoms with E-state index in [0.29, 0.717) is 6.42 Å². The Bertz CT molecular complexity index is 288. The summed E-state index contributed by atoms with van der Waals surface area (Å²) in [4.78, 5) is 0. The number of rotatable bonds is 3. The molecular formula is C10H19N3O. The fourth-order valence-corrected chi connectivity index (χ4v) is 1.46. The monoisotopic (exact) mass is 197 g/mol. The molecule has 0 spiro atoms. The summed E-state index contributed by atoms with van der Waals surface area (Å²) in [6.07, 6.45) is 2.45. The van der Waals surface area contributed by atoms with Crippen molar-refractivity contribution in [1.29, 1.82) is 0 Å². The molecule has 0 aliphatic rings. The van der Waals surface area contributed by atoms with E-state index >= 15 is 0 Å². The maximum absolute atomic E-state index is 8.87. The molecule has 80 valence electrons. The summed E-state index contributed by atoms with van der Waals surface area (Å²) in [5, 5.41) is 15.9. The van der Waals surface area contributed by atoms with Crippen LogP contribution in [-0.4, -0.2) is 28.0 Å². The summed E-state index contributed by atoms with van der Waals surface area (Å²) in [6, 6.07) is -0.200. The van der Waals surface area contributed by atoms with Crippen LogP contribution >= 0.6 is 0 Å². The molecule has 4 N–H and O–H groups in total. The van der Waals surface area contributed by atoms with E-state index in [1.807, 2.05) is 0 Å². The van der Waals surface area contributed by atoms with E-state index < -0.39 is 0 Å². The van der Waals surface area contributed by atoms with E-state index in [2.05, 4.69) is 31.0 Å². The number of hydrogen-bond acceptors (Lipinski definition) is 3. The van der Waals surface area contributed by atoms with Crippen LogP contribution < -0.4 is 5.73 Å². The van der Waals surface area contributed by atoms with E-state index in [0.717, 1.165) is 11.3 Å². The van der Waals surface area contributed by atoms with E-state index in [-0.39, 0.29) is 18.1 Å². The van der Waals surface area contributed by atoms with E-state index in [1.54, 1.807) is 6.20 Å². The molecule has 0 fully saturated rings. The first-order chi connectivity index (χ1) is 6.45. The van der Waals surface area contributed by atoms with Gasteiger partial charge in [0, 0.05) is 17.2 Å². The van der Waals surface area contributed by atoms with Crippen LogP contribution in [0.25, 0.3) is 0 Å². The molecule has 0 saturated carbocycles. The molecule has 1 atom stereocenters. The minimum atomic E-state index is -0.200. The first-order valence-electron chi connectivity index (χ1n) is 4.84. The average Bonchev–Trinajstić information content (AvgIpc) is 2.51. The van der Waals surface area contributed by atoms with Crippen molar-refractivity contribution in [3.63, 3.8) is 0 Å². The molecular weight excluding hydrogens is 178 g/mol. The number of aromatic nitrogens is 2. The van der Waals surface area contributed by atoms with Crippen molar-refractivity contribution in [3.05, 3.63) is 17.5 Å². The quantitative estimate of drug-likeness (QED) is 0.663. The largest absolute Gasteiger partial charge is 0.395 e. The van der Waals surface area contributed by atoms with Crippen LogP contribution in [0.4, 0.5) is 0 Å². The molecule has 4 heteroatoms. The lowest BCUT2D eigenvalue weighted by atomic mass is 9.88. The lowest BCUT2D eigenvalue weighted by molar-refractivity contribution is 0.265. The molecule has 1 aromatic heterocycles. The summed E-state index contributed by atoms with van der Waals surface area (Å²) in [6.45, 7) is 6.37. The molecule has 0 radical (unpaired) electrons. The number of H-pyrrole nitrogens is 1. The van der Waals surface area contributed by atoms with E-state index in [9.17, 15) is 0 Å². The van der Waals surface area contributed by atoms with Crippen LogP contribution in [0.2, 0.25) is 0 Å². The predicted octanol–water partition coefficient (Wildman–Crippen LogP) is 0.569. The van der Waals surface area contributed by atoms with E-state index in [4.69, 9.17) is 10.8 Å². The number of hydrogen-bond donors (Lipinski definition) is 3. The zero-order valence-electron chi connectivity index (χ0n) is 9.04. The highest BCUT2D eigenvalue weighted by Crippen LogP contribution is 2.23. The van der Waals surface area contributed by atoms with Crippen molar-refractivity contribution in [1.82, 2.24) is 10.2 Å². The minimum absolute atomic E-state index is 0.00869. The van der Waals surface area contributed by atoms with Crippen molar-refractivity contribution in [3.8, 4) is 0 Å². The lowest BCUT2D eigenvalue weighted by Crippen LogP contribution is -2.28. The Hall–Kier alpha value is -0.870. The second kappa shape index (κ2) is 4.11. The van der Waals surface area contributed by atoms with Gasteiger partial charge in [-0.25, -0.2) is 0 Å². The smallest absolute Gasteiger partial charge is 0.0585 e. The summed E-state index contributed by atoms with van der Waals surface area (Å²) in [5.41, 5.74) is 7.92. The summed E-state index contributed by atoms with van der Waals surface area (Å²) in [7, 11) is 0.